The molecular formula is C12H18N2O2S. The van der Waals surface area contributed by atoms with Gasteiger partial charge in [-0.2, -0.15) is 11.3 Å². The van der Waals surface area contributed by atoms with Gasteiger partial charge in [0, 0.05) is 19.5 Å². The second-order valence-electron chi connectivity index (χ2n) is 4.33. The Morgan fingerprint density at radius 3 is 3.12 bits per heavy atom. The third kappa shape index (κ3) is 3.06. The Bertz CT molecular complexity index is 367. The van der Waals surface area contributed by atoms with E-state index in [1.807, 2.05) is 17.2 Å². The van der Waals surface area contributed by atoms with Crippen LogP contribution in [-0.2, 0) is 9.53 Å². The molecule has 2 atom stereocenters. The van der Waals surface area contributed by atoms with E-state index in [1.54, 1.807) is 11.3 Å². The number of carbonyl (C=O) groups is 1. The molecule has 1 fully saturated rings. The fourth-order valence-corrected chi connectivity index (χ4v) is 2.78. The second kappa shape index (κ2) is 5.62. The average molecular weight is 254 g/mol. The van der Waals surface area contributed by atoms with Crippen LogP contribution in [0, 0.1) is 0 Å². The van der Waals surface area contributed by atoms with Gasteiger partial charge >= 0.3 is 0 Å². The zero-order valence-electron chi connectivity index (χ0n) is 9.96. The van der Waals surface area contributed by atoms with Gasteiger partial charge in [-0.1, -0.05) is 0 Å². The fraction of sp³-hybridized carbons (Fsp3) is 0.583. The Morgan fingerprint density at radius 2 is 2.47 bits per heavy atom. The third-order valence-corrected chi connectivity index (χ3v) is 3.59. The molecule has 4 nitrogen and oxygen atoms in total. The maximum atomic E-state index is 11.9. The molecule has 0 saturated carbocycles. The van der Waals surface area contributed by atoms with Crippen molar-refractivity contribution in [2.24, 2.45) is 5.73 Å². The van der Waals surface area contributed by atoms with Crippen LogP contribution in [-0.4, -0.2) is 36.5 Å². The molecule has 1 aliphatic heterocycles. The summed E-state index contributed by atoms with van der Waals surface area (Å²) in [5, 5.41) is 4.11. The molecule has 1 saturated heterocycles. The standard InChI is InChI=1S/C12H18N2O2S/c1-9-6-14(12(15)2-4-13)7-11(16-9)10-3-5-17-8-10/h3,5,8-9,11H,2,4,6-7,13H2,1H3. The van der Waals surface area contributed by atoms with Crippen LogP contribution in [0.2, 0.25) is 0 Å². The van der Waals surface area contributed by atoms with Gasteiger partial charge in [-0.15, -0.1) is 0 Å². The summed E-state index contributed by atoms with van der Waals surface area (Å²) in [5.41, 5.74) is 6.58. The Balaban J connectivity index is 2.04. The van der Waals surface area contributed by atoms with Gasteiger partial charge in [0.15, 0.2) is 0 Å². The van der Waals surface area contributed by atoms with Crippen LogP contribution in [0.15, 0.2) is 16.8 Å². The Morgan fingerprint density at radius 1 is 1.65 bits per heavy atom. The van der Waals surface area contributed by atoms with Crippen molar-refractivity contribution in [3.8, 4) is 0 Å². The summed E-state index contributed by atoms with van der Waals surface area (Å²) in [4.78, 5) is 13.7. The number of ether oxygens (including phenoxy) is 1. The van der Waals surface area contributed by atoms with Crippen molar-refractivity contribution in [2.45, 2.75) is 25.6 Å². The van der Waals surface area contributed by atoms with Crippen LogP contribution in [0.25, 0.3) is 0 Å². The zero-order valence-corrected chi connectivity index (χ0v) is 10.8. The van der Waals surface area contributed by atoms with E-state index in [1.165, 1.54) is 0 Å². The summed E-state index contributed by atoms with van der Waals surface area (Å²) in [6, 6.07) is 2.05. The Hall–Kier alpha value is -0.910. The first-order valence-electron chi connectivity index (χ1n) is 5.86. The molecule has 0 aliphatic carbocycles. The highest BCUT2D eigenvalue weighted by Crippen LogP contribution is 2.26. The number of nitrogens with two attached hydrogens (primary N) is 1. The van der Waals surface area contributed by atoms with E-state index in [4.69, 9.17) is 10.5 Å². The van der Waals surface area contributed by atoms with Gasteiger partial charge in [-0.05, 0) is 29.3 Å². The predicted molar refractivity (Wildman–Crippen MR) is 67.9 cm³/mol. The van der Waals surface area contributed by atoms with Crippen LogP contribution in [0.5, 0.6) is 0 Å². The molecule has 5 heteroatoms. The van der Waals surface area contributed by atoms with Crippen molar-refractivity contribution >= 4 is 17.2 Å². The van der Waals surface area contributed by atoms with Crippen molar-refractivity contribution in [3.63, 3.8) is 0 Å². The summed E-state index contributed by atoms with van der Waals surface area (Å²) in [5.74, 6) is 0.128. The van der Waals surface area contributed by atoms with Crippen molar-refractivity contribution in [3.05, 3.63) is 22.4 Å². The molecule has 0 spiro atoms. The van der Waals surface area contributed by atoms with E-state index in [9.17, 15) is 4.79 Å². The highest BCUT2D eigenvalue weighted by molar-refractivity contribution is 7.07. The number of nitrogens with zero attached hydrogens (tertiary/aromatic N) is 1. The third-order valence-electron chi connectivity index (χ3n) is 2.89. The van der Waals surface area contributed by atoms with Gasteiger partial charge in [0.1, 0.15) is 6.10 Å². The minimum Gasteiger partial charge on any atom is -0.367 e. The number of carbonyl (C=O) groups excluding carboxylic acids is 1. The molecule has 0 bridgehead atoms. The molecule has 1 aliphatic rings. The summed E-state index contributed by atoms with van der Waals surface area (Å²) in [7, 11) is 0. The Labute approximate surface area is 105 Å². The van der Waals surface area contributed by atoms with Gasteiger partial charge in [0.25, 0.3) is 0 Å². The van der Waals surface area contributed by atoms with E-state index in [0.717, 1.165) is 5.56 Å². The van der Waals surface area contributed by atoms with Gasteiger partial charge < -0.3 is 15.4 Å². The lowest BCUT2D eigenvalue weighted by Gasteiger charge is -2.36. The number of hydrogen-bond donors (Lipinski definition) is 1. The Kier molecular flexibility index (Phi) is 4.15. The van der Waals surface area contributed by atoms with Crippen LogP contribution < -0.4 is 5.73 Å². The lowest BCUT2D eigenvalue weighted by Crippen LogP contribution is -2.46. The first-order valence-corrected chi connectivity index (χ1v) is 6.80. The highest BCUT2D eigenvalue weighted by atomic mass is 32.1. The average Bonchev–Trinajstić information content (AvgIpc) is 2.82. The maximum Gasteiger partial charge on any atom is 0.224 e. The maximum absolute atomic E-state index is 11.9. The number of morpholine rings is 1. The van der Waals surface area contributed by atoms with Gasteiger partial charge in [-0.3, -0.25) is 4.79 Å². The second-order valence-corrected chi connectivity index (χ2v) is 5.11. The molecule has 1 amide bonds. The van der Waals surface area contributed by atoms with E-state index in [-0.39, 0.29) is 18.1 Å². The molecule has 2 N–H and O–H groups in total. The normalized spacial score (nSPS) is 24.9. The molecule has 1 aromatic heterocycles. The van der Waals surface area contributed by atoms with Gasteiger partial charge in [-0.25, -0.2) is 0 Å². The summed E-state index contributed by atoms with van der Waals surface area (Å²) < 4.78 is 5.87. The number of hydrogen-bond acceptors (Lipinski definition) is 4. The smallest absolute Gasteiger partial charge is 0.224 e. The van der Waals surface area contributed by atoms with Crippen molar-refractivity contribution < 1.29 is 9.53 Å². The fourth-order valence-electron chi connectivity index (χ4n) is 2.08. The molecular weight excluding hydrogens is 236 g/mol. The van der Waals surface area contributed by atoms with Crippen molar-refractivity contribution in [1.29, 1.82) is 0 Å². The van der Waals surface area contributed by atoms with E-state index < -0.39 is 0 Å². The SMILES string of the molecule is CC1CN(C(=O)CCN)CC(c2ccsc2)O1. The molecule has 17 heavy (non-hydrogen) atoms. The molecule has 0 radical (unpaired) electrons. The van der Waals surface area contributed by atoms with Crippen molar-refractivity contribution in [2.75, 3.05) is 19.6 Å². The van der Waals surface area contributed by atoms with Crippen LogP contribution >= 0.6 is 11.3 Å². The van der Waals surface area contributed by atoms with E-state index >= 15 is 0 Å². The molecule has 2 heterocycles. The van der Waals surface area contributed by atoms with E-state index in [0.29, 0.717) is 26.1 Å². The summed E-state index contributed by atoms with van der Waals surface area (Å²) in [6.07, 6.45) is 0.505. The topological polar surface area (TPSA) is 55.6 Å². The van der Waals surface area contributed by atoms with Gasteiger partial charge in [0.2, 0.25) is 5.91 Å². The molecule has 0 aromatic carbocycles. The first kappa shape index (κ1) is 12.5. The summed E-state index contributed by atoms with van der Waals surface area (Å²) >= 11 is 1.65. The lowest BCUT2D eigenvalue weighted by molar-refractivity contribution is -0.144. The molecule has 1 aromatic rings. The predicted octanol–water partition coefficient (Wildman–Crippen LogP) is 1.39. The summed E-state index contributed by atoms with van der Waals surface area (Å²) in [6.45, 7) is 3.72. The lowest BCUT2D eigenvalue weighted by atomic mass is 10.1. The molecule has 2 unspecified atom stereocenters. The quantitative estimate of drug-likeness (QED) is 0.886. The van der Waals surface area contributed by atoms with Crippen LogP contribution in [0.4, 0.5) is 0 Å². The van der Waals surface area contributed by atoms with Crippen LogP contribution in [0.1, 0.15) is 25.0 Å². The largest absolute Gasteiger partial charge is 0.367 e. The van der Waals surface area contributed by atoms with Crippen molar-refractivity contribution in [1.82, 2.24) is 4.90 Å². The first-order chi connectivity index (χ1) is 8.20. The highest BCUT2D eigenvalue weighted by Gasteiger charge is 2.28. The monoisotopic (exact) mass is 254 g/mol. The van der Waals surface area contributed by atoms with Gasteiger partial charge in [0.05, 0.1) is 12.6 Å². The number of thiophene rings is 1. The molecule has 2 rings (SSSR count). The van der Waals surface area contributed by atoms with Crippen LogP contribution in [0.3, 0.4) is 0 Å². The minimum atomic E-state index is 0.00623. The zero-order chi connectivity index (χ0) is 12.3. The molecule has 94 valence electrons. The minimum absolute atomic E-state index is 0.00623. The number of amides is 1. The van der Waals surface area contributed by atoms with E-state index in [2.05, 4.69) is 11.4 Å². The number of rotatable bonds is 3.